The summed E-state index contributed by atoms with van der Waals surface area (Å²) in [6.45, 7) is 1.89. The quantitative estimate of drug-likeness (QED) is 0.467. The van der Waals surface area contributed by atoms with Crippen molar-refractivity contribution >= 4 is 40.1 Å². The predicted molar refractivity (Wildman–Crippen MR) is 115 cm³/mol. The van der Waals surface area contributed by atoms with Crippen molar-refractivity contribution in [2.24, 2.45) is 0 Å². The number of nitrogens with one attached hydrogen (secondary N) is 3. The fourth-order valence-corrected chi connectivity index (χ4v) is 2.88. The molecule has 152 valence electrons. The Hall–Kier alpha value is -4.14. The van der Waals surface area contributed by atoms with Crippen molar-refractivity contribution < 1.29 is 9.21 Å². The lowest BCUT2D eigenvalue weighted by atomic mass is 10.2. The number of aryl methyl sites for hydroxylation is 1. The average molecular weight is 404 g/mol. The first-order chi connectivity index (χ1) is 14.4. The topological polar surface area (TPSA) is 116 Å². The number of benzene rings is 2. The number of carbonyl (C=O) groups excluding carboxylic acids is 1. The third-order valence-corrected chi connectivity index (χ3v) is 4.45. The minimum atomic E-state index is -0.495. The van der Waals surface area contributed by atoms with Crippen LogP contribution in [0, 0.1) is 6.92 Å². The van der Waals surface area contributed by atoms with Crippen LogP contribution in [0.25, 0.3) is 11.1 Å². The summed E-state index contributed by atoms with van der Waals surface area (Å²) >= 11 is 0. The first kappa shape index (κ1) is 19.2. The van der Waals surface area contributed by atoms with Crippen LogP contribution in [0.3, 0.4) is 0 Å². The number of H-pyrrole nitrogens is 1. The van der Waals surface area contributed by atoms with Gasteiger partial charge >= 0.3 is 5.76 Å². The van der Waals surface area contributed by atoms with Crippen LogP contribution in [-0.4, -0.2) is 39.9 Å². The smallest absolute Gasteiger partial charge is 0.408 e. The predicted octanol–water partition coefficient (Wildman–Crippen LogP) is 3.41. The van der Waals surface area contributed by atoms with Crippen molar-refractivity contribution in [1.82, 2.24) is 19.9 Å². The maximum Gasteiger partial charge on any atom is 0.417 e. The lowest BCUT2D eigenvalue weighted by Gasteiger charge is -2.12. The van der Waals surface area contributed by atoms with Crippen molar-refractivity contribution in [2.45, 2.75) is 6.92 Å². The van der Waals surface area contributed by atoms with Crippen LogP contribution >= 0.6 is 0 Å². The average Bonchev–Trinajstić information content (AvgIpc) is 3.10. The molecule has 3 N–H and O–H groups in total. The van der Waals surface area contributed by atoms with E-state index in [9.17, 15) is 9.59 Å². The maximum absolute atomic E-state index is 12.0. The second-order valence-electron chi connectivity index (χ2n) is 6.98. The summed E-state index contributed by atoms with van der Waals surface area (Å²) < 4.78 is 5.02. The largest absolute Gasteiger partial charge is 0.417 e. The van der Waals surface area contributed by atoms with E-state index in [0.29, 0.717) is 28.4 Å². The first-order valence-electron chi connectivity index (χ1n) is 9.21. The fourth-order valence-electron chi connectivity index (χ4n) is 2.88. The van der Waals surface area contributed by atoms with Gasteiger partial charge < -0.3 is 20.0 Å². The van der Waals surface area contributed by atoms with E-state index in [0.717, 1.165) is 16.9 Å². The van der Waals surface area contributed by atoms with E-state index in [-0.39, 0.29) is 5.91 Å². The van der Waals surface area contributed by atoms with E-state index in [2.05, 4.69) is 25.6 Å². The molecule has 2 aromatic heterocycles. The monoisotopic (exact) mass is 404 g/mol. The highest BCUT2D eigenvalue weighted by Crippen LogP contribution is 2.23. The van der Waals surface area contributed by atoms with E-state index in [1.807, 2.05) is 6.92 Å². The summed E-state index contributed by atoms with van der Waals surface area (Å²) in [5, 5.41) is 6.37. The second kappa shape index (κ2) is 7.70. The Morgan fingerprint density at radius 3 is 2.53 bits per heavy atom. The number of aromatic amines is 1. The summed E-state index contributed by atoms with van der Waals surface area (Å²) in [6.07, 6.45) is 1.71. The number of oxazole rings is 1. The van der Waals surface area contributed by atoms with Crippen LogP contribution in [-0.2, 0) is 0 Å². The van der Waals surface area contributed by atoms with Gasteiger partial charge in [0.25, 0.3) is 5.91 Å². The number of amides is 1. The number of rotatable bonds is 5. The van der Waals surface area contributed by atoms with Crippen molar-refractivity contribution in [3.05, 3.63) is 70.3 Å². The molecule has 0 aliphatic rings. The summed E-state index contributed by atoms with van der Waals surface area (Å²) in [7, 11) is 3.43. The molecule has 0 spiro atoms. The molecule has 2 heterocycles. The van der Waals surface area contributed by atoms with E-state index >= 15 is 0 Å². The standard InChI is InChI=1S/C21H20N6O3/c1-12-11-22-20(24-14-6-4-13(5-7-14)19(28)27(2)3)26-18(12)23-15-8-9-17-16(10-15)25-21(29)30-17/h4-11H,1-3H3,(H,25,29)(H2,22,23,24,26). The Morgan fingerprint density at radius 1 is 1.07 bits per heavy atom. The summed E-state index contributed by atoms with van der Waals surface area (Å²) in [5.74, 6) is 0.477. The van der Waals surface area contributed by atoms with Gasteiger partial charge in [-0.3, -0.25) is 9.78 Å². The molecule has 4 aromatic rings. The molecule has 0 radical (unpaired) electrons. The van der Waals surface area contributed by atoms with Gasteiger partial charge in [0.2, 0.25) is 5.95 Å². The van der Waals surface area contributed by atoms with Gasteiger partial charge in [-0.2, -0.15) is 4.98 Å². The van der Waals surface area contributed by atoms with Gasteiger partial charge in [-0.15, -0.1) is 0 Å². The van der Waals surface area contributed by atoms with Crippen molar-refractivity contribution in [1.29, 1.82) is 0 Å². The van der Waals surface area contributed by atoms with Crippen molar-refractivity contribution in [3.63, 3.8) is 0 Å². The van der Waals surface area contributed by atoms with Crippen LogP contribution in [0.4, 0.5) is 23.1 Å². The Balaban J connectivity index is 1.53. The molecule has 0 fully saturated rings. The zero-order valence-electron chi connectivity index (χ0n) is 16.7. The number of nitrogens with zero attached hydrogens (tertiary/aromatic N) is 3. The molecular formula is C21H20N6O3. The molecule has 1 amide bonds. The van der Waals surface area contributed by atoms with Crippen molar-refractivity contribution in [2.75, 3.05) is 24.7 Å². The van der Waals surface area contributed by atoms with E-state index < -0.39 is 5.76 Å². The van der Waals surface area contributed by atoms with E-state index in [4.69, 9.17) is 4.42 Å². The summed E-state index contributed by atoms with van der Waals surface area (Å²) in [4.78, 5) is 36.3. The lowest BCUT2D eigenvalue weighted by Crippen LogP contribution is -2.21. The summed E-state index contributed by atoms with van der Waals surface area (Å²) in [6, 6.07) is 12.4. The number of anilines is 4. The van der Waals surface area contributed by atoms with Gasteiger partial charge in [-0.1, -0.05) is 0 Å². The van der Waals surface area contributed by atoms with Crippen molar-refractivity contribution in [3.8, 4) is 0 Å². The Morgan fingerprint density at radius 2 is 1.80 bits per heavy atom. The minimum Gasteiger partial charge on any atom is -0.408 e. The number of aromatic nitrogens is 3. The second-order valence-corrected chi connectivity index (χ2v) is 6.98. The molecule has 0 saturated carbocycles. The molecule has 0 aliphatic heterocycles. The molecule has 0 unspecified atom stereocenters. The van der Waals surface area contributed by atoms with E-state index in [1.165, 1.54) is 4.90 Å². The first-order valence-corrected chi connectivity index (χ1v) is 9.21. The van der Waals surface area contributed by atoms with Crippen LogP contribution in [0.5, 0.6) is 0 Å². The third kappa shape index (κ3) is 4.00. The Bertz CT molecular complexity index is 1270. The number of hydrogen-bond acceptors (Lipinski definition) is 7. The molecule has 2 aromatic carbocycles. The van der Waals surface area contributed by atoms with Gasteiger partial charge in [0.15, 0.2) is 5.58 Å². The third-order valence-electron chi connectivity index (χ3n) is 4.45. The highest BCUT2D eigenvalue weighted by Gasteiger charge is 2.09. The van der Waals surface area contributed by atoms with Crippen LogP contribution in [0.15, 0.2) is 57.9 Å². The van der Waals surface area contributed by atoms with Gasteiger partial charge in [0.05, 0.1) is 5.52 Å². The minimum absolute atomic E-state index is 0.0597. The van der Waals surface area contributed by atoms with E-state index in [1.54, 1.807) is 62.8 Å². The van der Waals surface area contributed by atoms with Gasteiger partial charge in [0, 0.05) is 42.8 Å². The SMILES string of the molecule is Cc1cnc(Nc2ccc(C(=O)N(C)C)cc2)nc1Nc1ccc2oc(=O)[nH]c2c1. The number of hydrogen-bond donors (Lipinski definition) is 3. The molecule has 0 aliphatic carbocycles. The highest BCUT2D eigenvalue weighted by molar-refractivity contribution is 5.94. The van der Waals surface area contributed by atoms with Crippen LogP contribution in [0.2, 0.25) is 0 Å². The normalized spacial score (nSPS) is 10.8. The summed E-state index contributed by atoms with van der Waals surface area (Å²) in [5.41, 5.74) is 4.06. The molecule has 9 heteroatoms. The molecule has 4 rings (SSSR count). The zero-order valence-corrected chi connectivity index (χ0v) is 16.7. The molecule has 0 atom stereocenters. The molecule has 0 saturated heterocycles. The van der Waals surface area contributed by atoms with Crippen LogP contribution in [0.1, 0.15) is 15.9 Å². The van der Waals surface area contributed by atoms with Crippen LogP contribution < -0.4 is 16.4 Å². The number of carbonyl (C=O) groups is 1. The Kier molecular flexibility index (Phi) is 4.93. The zero-order chi connectivity index (χ0) is 21.3. The van der Waals surface area contributed by atoms with Gasteiger partial charge in [0.1, 0.15) is 5.82 Å². The van der Waals surface area contributed by atoms with Gasteiger partial charge in [-0.05, 0) is 49.4 Å². The highest BCUT2D eigenvalue weighted by atomic mass is 16.4. The molecular weight excluding hydrogens is 384 g/mol. The molecule has 9 nitrogen and oxygen atoms in total. The molecule has 0 bridgehead atoms. The maximum atomic E-state index is 12.0. The Labute approximate surface area is 171 Å². The number of fused-ring (bicyclic) bond motifs is 1. The molecule has 30 heavy (non-hydrogen) atoms. The van der Waals surface area contributed by atoms with Gasteiger partial charge in [-0.25, -0.2) is 9.78 Å². The lowest BCUT2D eigenvalue weighted by molar-refractivity contribution is 0.0827. The fraction of sp³-hybridized carbons (Fsp3) is 0.143.